The SMILES string of the molecule is c1cnc2c(c1)nc(C1CCCO1)n2C1CCN(Cc2ccc3c(c2)OCCO3)CC1. The molecule has 2 aromatic heterocycles. The highest BCUT2D eigenvalue weighted by atomic mass is 16.6. The maximum absolute atomic E-state index is 6.00. The first-order chi connectivity index (χ1) is 15.3. The molecule has 3 aromatic rings. The van der Waals surface area contributed by atoms with Crippen molar-refractivity contribution >= 4 is 11.2 Å². The van der Waals surface area contributed by atoms with Crippen molar-refractivity contribution in [3.63, 3.8) is 0 Å². The van der Waals surface area contributed by atoms with Crippen molar-refractivity contribution in [2.45, 2.75) is 44.4 Å². The van der Waals surface area contributed by atoms with Gasteiger partial charge in [-0.25, -0.2) is 9.97 Å². The van der Waals surface area contributed by atoms with Crippen LogP contribution in [-0.4, -0.2) is 52.3 Å². The van der Waals surface area contributed by atoms with Crippen LogP contribution >= 0.6 is 0 Å². The van der Waals surface area contributed by atoms with Gasteiger partial charge in [0.15, 0.2) is 17.1 Å². The molecule has 6 rings (SSSR count). The van der Waals surface area contributed by atoms with Crippen molar-refractivity contribution in [2.24, 2.45) is 0 Å². The fourth-order valence-electron chi connectivity index (χ4n) is 5.10. The molecular formula is C24H28N4O3. The number of likely N-dealkylation sites (tertiary alicyclic amines) is 1. The van der Waals surface area contributed by atoms with Crippen LogP contribution in [0.1, 0.15) is 49.2 Å². The quantitative estimate of drug-likeness (QED) is 0.638. The molecule has 0 radical (unpaired) electrons. The lowest BCUT2D eigenvalue weighted by Gasteiger charge is -2.34. The number of ether oxygens (including phenoxy) is 3. The van der Waals surface area contributed by atoms with Crippen LogP contribution in [0.5, 0.6) is 11.5 Å². The Kier molecular flexibility index (Phi) is 5.00. The highest BCUT2D eigenvalue weighted by molar-refractivity contribution is 5.71. The molecule has 3 aliphatic heterocycles. The van der Waals surface area contributed by atoms with E-state index in [4.69, 9.17) is 19.2 Å². The molecule has 162 valence electrons. The van der Waals surface area contributed by atoms with Gasteiger partial charge < -0.3 is 18.8 Å². The maximum atomic E-state index is 6.00. The first-order valence-corrected chi connectivity index (χ1v) is 11.4. The van der Waals surface area contributed by atoms with Crippen LogP contribution < -0.4 is 9.47 Å². The monoisotopic (exact) mass is 420 g/mol. The molecule has 2 saturated heterocycles. The van der Waals surface area contributed by atoms with E-state index in [0.717, 1.165) is 80.4 Å². The molecule has 0 bridgehead atoms. The van der Waals surface area contributed by atoms with Gasteiger partial charge in [-0.3, -0.25) is 4.90 Å². The van der Waals surface area contributed by atoms with Crippen molar-refractivity contribution in [2.75, 3.05) is 32.9 Å². The van der Waals surface area contributed by atoms with E-state index >= 15 is 0 Å². The molecule has 0 amide bonds. The minimum atomic E-state index is 0.102. The van der Waals surface area contributed by atoms with Gasteiger partial charge in [0.05, 0.1) is 0 Å². The summed E-state index contributed by atoms with van der Waals surface area (Å²) in [6.07, 6.45) is 6.31. The van der Waals surface area contributed by atoms with Crippen molar-refractivity contribution in [3.05, 3.63) is 47.9 Å². The highest BCUT2D eigenvalue weighted by Crippen LogP contribution is 2.36. The highest BCUT2D eigenvalue weighted by Gasteiger charge is 2.30. The standard InChI is InChI=1S/C24H28N4O3/c1-3-19-23(25-9-1)28(24(26-19)21-4-2-12-29-21)18-7-10-27(11-8-18)16-17-5-6-20-22(15-17)31-14-13-30-20/h1,3,5-6,9,15,18,21H,2,4,7-8,10-14,16H2. The lowest BCUT2D eigenvalue weighted by atomic mass is 10.0. The second-order valence-electron chi connectivity index (χ2n) is 8.67. The second-order valence-corrected chi connectivity index (χ2v) is 8.67. The maximum Gasteiger partial charge on any atom is 0.161 e. The van der Waals surface area contributed by atoms with Gasteiger partial charge in [0, 0.05) is 38.5 Å². The van der Waals surface area contributed by atoms with E-state index in [0.29, 0.717) is 19.3 Å². The fraction of sp³-hybridized carbons (Fsp3) is 0.500. The number of imidazole rings is 1. The Hall–Kier alpha value is -2.64. The minimum absolute atomic E-state index is 0.102. The topological polar surface area (TPSA) is 61.6 Å². The van der Waals surface area contributed by atoms with Crippen LogP contribution in [0.15, 0.2) is 36.5 Å². The van der Waals surface area contributed by atoms with Crippen LogP contribution in [0.25, 0.3) is 11.2 Å². The van der Waals surface area contributed by atoms with Crippen LogP contribution in [0.3, 0.4) is 0 Å². The third kappa shape index (κ3) is 3.66. The Balaban J connectivity index is 1.18. The summed E-state index contributed by atoms with van der Waals surface area (Å²) >= 11 is 0. The Labute approximate surface area is 181 Å². The van der Waals surface area contributed by atoms with Crippen molar-refractivity contribution in [1.82, 2.24) is 19.4 Å². The van der Waals surface area contributed by atoms with E-state index in [1.54, 1.807) is 0 Å². The van der Waals surface area contributed by atoms with Crippen LogP contribution in [0.2, 0.25) is 0 Å². The molecule has 2 fully saturated rings. The van der Waals surface area contributed by atoms with E-state index in [1.165, 1.54) is 5.56 Å². The first kappa shape index (κ1) is 19.1. The van der Waals surface area contributed by atoms with Crippen molar-refractivity contribution in [3.8, 4) is 11.5 Å². The molecular weight excluding hydrogens is 392 g/mol. The van der Waals surface area contributed by atoms with Gasteiger partial charge in [-0.1, -0.05) is 6.07 Å². The van der Waals surface area contributed by atoms with Gasteiger partial charge in [-0.15, -0.1) is 0 Å². The second kappa shape index (κ2) is 8.13. The molecule has 7 nitrogen and oxygen atoms in total. The van der Waals surface area contributed by atoms with Gasteiger partial charge in [-0.2, -0.15) is 0 Å². The van der Waals surface area contributed by atoms with E-state index in [-0.39, 0.29) is 6.10 Å². The molecule has 1 unspecified atom stereocenters. The minimum Gasteiger partial charge on any atom is -0.486 e. The molecule has 1 aromatic carbocycles. The number of rotatable bonds is 4. The summed E-state index contributed by atoms with van der Waals surface area (Å²) < 4.78 is 19.8. The van der Waals surface area contributed by atoms with E-state index in [9.17, 15) is 0 Å². The number of aromatic nitrogens is 3. The lowest BCUT2D eigenvalue weighted by Crippen LogP contribution is -2.35. The molecule has 0 N–H and O–H groups in total. The average molecular weight is 421 g/mol. The number of pyridine rings is 1. The largest absolute Gasteiger partial charge is 0.486 e. The van der Waals surface area contributed by atoms with Gasteiger partial charge >= 0.3 is 0 Å². The van der Waals surface area contributed by atoms with Gasteiger partial charge in [0.2, 0.25) is 0 Å². The summed E-state index contributed by atoms with van der Waals surface area (Å²) in [5, 5.41) is 0. The number of benzene rings is 1. The third-order valence-electron chi connectivity index (χ3n) is 6.63. The predicted octanol–water partition coefficient (Wildman–Crippen LogP) is 3.89. The molecule has 1 atom stereocenters. The van der Waals surface area contributed by atoms with Crippen LogP contribution in [-0.2, 0) is 11.3 Å². The summed E-state index contributed by atoms with van der Waals surface area (Å²) in [6, 6.07) is 10.8. The van der Waals surface area contributed by atoms with E-state index in [2.05, 4.69) is 32.7 Å². The van der Waals surface area contributed by atoms with Crippen molar-refractivity contribution < 1.29 is 14.2 Å². The smallest absolute Gasteiger partial charge is 0.161 e. The van der Waals surface area contributed by atoms with Gasteiger partial charge in [-0.05, 0) is 55.5 Å². The zero-order chi connectivity index (χ0) is 20.6. The Morgan fingerprint density at radius 2 is 1.84 bits per heavy atom. The zero-order valence-electron chi connectivity index (χ0n) is 17.7. The van der Waals surface area contributed by atoms with E-state index < -0.39 is 0 Å². The number of nitrogens with zero attached hydrogens (tertiary/aromatic N) is 4. The lowest BCUT2D eigenvalue weighted by molar-refractivity contribution is 0.0970. The van der Waals surface area contributed by atoms with Gasteiger partial charge in [0.1, 0.15) is 30.7 Å². The molecule has 5 heterocycles. The fourth-order valence-corrected chi connectivity index (χ4v) is 5.10. The number of hydrogen-bond acceptors (Lipinski definition) is 6. The summed E-state index contributed by atoms with van der Waals surface area (Å²) in [6.45, 7) is 5.13. The van der Waals surface area contributed by atoms with Crippen molar-refractivity contribution in [1.29, 1.82) is 0 Å². The molecule has 0 spiro atoms. The summed E-state index contributed by atoms with van der Waals surface area (Å²) in [5.74, 6) is 2.79. The number of hydrogen-bond donors (Lipinski definition) is 0. The van der Waals surface area contributed by atoms with Crippen LogP contribution in [0, 0.1) is 0 Å². The molecule has 31 heavy (non-hydrogen) atoms. The summed E-state index contributed by atoms with van der Waals surface area (Å²) in [5.41, 5.74) is 3.25. The number of fused-ring (bicyclic) bond motifs is 2. The molecule has 3 aliphatic rings. The van der Waals surface area contributed by atoms with Gasteiger partial charge in [0.25, 0.3) is 0 Å². The summed E-state index contributed by atoms with van der Waals surface area (Å²) in [4.78, 5) is 12.1. The third-order valence-corrected chi connectivity index (χ3v) is 6.63. The molecule has 0 saturated carbocycles. The normalized spacial score (nSPS) is 22.3. The summed E-state index contributed by atoms with van der Waals surface area (Å²) in [7, 11) is 0. The zero-order valence-corrected chi connectivity index (χ0v) is 17.7. The Morgan fingerprint density at radius 1 is 0.968 bits per heavy atom. The Bertz CT molecular complexity index is 1070. The predicted molar refractivity (Wildman–Crippen MR) is 116 cm³/mol. The molecule has 7 heteroatoms. The number of piperidine rings is 1. The molecule has 0 aliphatic carbocycles. The van der Waals surface area contributed by atoms with Crippen LogP contribution in [0.4, 0.5) is 0 Å². The Morgan fingerprint density at radius 3 is 2.68 bits per heavy atom. The average Bonchev–Trinajstić information content (AvgIpc) is 3.48. The van der Waals surface area contributed by atoms with E-state index in [1.807, 2.05) is 18.3 Å². The first-order valence-electron chi connectivity index (χ1n) is 11.4.